The normalized spacial score (nSPS) is 25.2. The fourth-order valence-electron chi connectivity index (χ4n) is 1.72. The third kappa shape index (κ3) is 3.98. The van der Waals surface area contributed by atoms with Gasteiger partial charge in [0.15, 0.2) is 12.2 Å². The minimum absolute atomic E-state index is 0.0372. The molecule has 0 saturated carbocycles. The summed E-state index contributed by atoms with van der Waals surface area (Å²) in [7, 11) is 0. The topological polar surface area (TPSA) is 93.1 Å². The predicted molar refractivity (Wildman–Crippen MR) is 57.4 cm³/mol. The molecule has 1 aliphatic rings. The van der Waals surface area contributed by atoms with Gasteiger partial charge in [0.1, 0.15) is 0 Å². The van der Waals surface area contributed by atoms with Gasteiger partial charge in [-0.3, -0.25) is 9.59 Å². The largest absolute Gasteiger partial charge is 0.481 e. The third-order valence-corrected chi connectivity index (χ3v) is 2.70. The number of ether oxygens (including phenoxy) is 2. The van der Waals surface area contributed by atoms with E-state index in [1.54, 1.807) is 0 Å². The maximum atomic E-state index is 10.7. The maximum Gasteiger partial charge on any atom is 0.317 e. The second-order valence-corrected chi connectivity index (χ2v) is 4.61. The molecule has 0 aromatic rings. The lowest BCUT2D eigenvalue weighted by Crippen LogP contribution is -2.38. The second kappa shape index (κ2) is 5.97. The molecule has 1 saturated heterocycles. The number of carboxylic acid groups (broad SMARTS) is 2. The van der Waals surface area contributed by atoms with Crippen LogP contribution < -0.4 is 0 Å². The van der Waals surface area contributed by atoms with E-state index in [9.17, 15) is 9.59 Å². The van der Waals surface area contributed by atoms with Crippen LogP contribution in [0.4, 0.5) is 0 Å². The first-order valence-electron chi connectivity index (χ1n) is 5.60. The van der Waals surface area contributed by atoms with Gasteiger partial charge in [0.2, 0.25) is 0 Å². The smallest absolute Gasteiger partial charge is 0.317 e. The van der Waals surface area contributed by atoms with E-state index in [1.807, 2.05) is 13.8 Å². The van der Waals surface area contributed by atoms with Crippen LogP contribution in [0.1, 0.15) is 20.3 Å². The van der Waals surface area contributed by atoms with E-state index in [2.05, 4.69) is 0 Å². The lowest BCUT2D eigenvalue weighted by atomic mass is 9.95. The van der Waals surface area contributed by atoms with E-state index in [0.29, 0.717) is 13.2 Å². The van der Waals surface area contributed by atoms with Crippen LogP contribution in [-0.2, 0) is 19.1 Å². The van der Waals surface area contributed by atoms with Crippen molar-refractivity contribution in [3.63, 3.8) is 0 Å². The Morgan fingerprint density at radius 1 is 1.18 bits per heavy atom. The van der Waals surface area contributed by atoms with Crippen molar-refractivity contribution in [1.82, 2.24) is 0 Å². The Morgan fingerprint density at radius 3 is 2.00 bits per heavy atom. The molecule has 1 fully saturated rings. The molecule has 0 aliphatic carbocycles. The molecular weight excluding hydrogens is 228 g/mol. The maximum absolute atomic E-state index is 10.7. The summed E-state index contributed by atoms with van der Waals surface area (Å²) < 4.78 is 10.8. The van der Waals surface area contributed by atoms with Gasteiger partial charge in [-0.05, 0) is 6.42 Å². The Morgan fingerprint density at radius 2 is 1.65 bits per heavy atom. The minimum Gasteiger partial charge on any atom is -0.481 e. The van der Waals surface area contributed by atoms with Crippen LogP contribution in [0.25, 0.3) is 0 Å². The molecule has 0 unspecified atom stereocenters. The molecule has 6 nitrogen and oxygen atoms in total. The molecule has 0 amide bonds. The average molecular weight is 246 g/mol. The zero-order valence-corrected chi connectivity index (χ0v) is 9.96. The lowest BCUT2D eigenvalue weighted by molar-refractivity contribution is -0.221. The van der Waals surface area contributed by atoms with Gasteiger partial charge in [0.05, 0.1) is 13.2 Å². The molecule has 0 radical (unpaired) electrons. The Kier molecular flexibility index (Phi) is 4.89. The summed E-state index contributed by atoms with van der Waals surface area (Å²) in [4.78, 5) is 21.4. The number of hydrogen-bond donors (Lipinski definition) is 2. The molecular formula is C11H18O6. The predicted octanol–water partition coefficient (Wildman–Crippen LogP) is 0.807. The van der Waals surface area contributed by atoms with Gasteiger partial charge in [0.25, 0.3) is 0 Å². The molecule has 0 spiro atoms. The van der Waals surface area contributed by atoms with Crippen molar-refractivity contribution in [2.45, 2.75) is 26.6 Å². The molecule has 17 heavy (non-hydrogen) atoms. The number of hydrogen-bond acceptors (Lipinski definition) is 4. The van der Waals surface area contributed by atoms with Crippen molar-refractivity contribution < 1.29 is 29.3 Å². The SMILES string of the molecule is CC(C)C1OCC(CC(C(=O)O)C(=O)O)CO1. The second-order valence-electron chi connectivity index (χ2n) is 4.61. The van der Waals surface area contributed by atoms with Gasteiger partial charge < -0.3 is 19.7 Å². The van der Waals surface area contributed by atoms with Crippen LogP contribution >= 0.6 is 0 Å². The summed E-state index contributed by atoms with van der Waals surface area (Å²) in [5, 5.41) is 17.5. The first-order chi connectivity index (χ1) is 7.91. The molecule has 0 atom stereocenters. The van der Waals surface area contributed by atoms with Crippen LogP contribution in [0.5, 0.6) is 0 Å². The Bertz CT molecular complexity index is 266. The van der Waals surface area contributed by atoms with Crippen LogP contribution in [0.3, 0.4) is 0 Å². The van der Waals surface area contributed by atoms with Crippen LogP contribution in [-0.4, -0.2) is 41.7 Å². The number of carboxylic acids is 2. The molecule has 0 aromatic heterocycles. The molecule has 98 valence electrons. The van der Waals surface area contributed by atoms with E-state index in [-0.39, 0.29) is 24.5 Å². The average Bonchev–Trinajstić information content (AvgIpc) is 2.25. The van der Waals surface area contributed by atoms with Crippen molar-refractivity contribution in [2.24, 2.45) is 17.8 Å². The van der Waals surface area contributed by atoms with Crippen molar-refractivity contribution in [3.05, 3.63) is 0 Å². The van der Waals surface area contributed by atoms with E-state index in [4.69, 9.17) is 19.7 Å². The quantitative estimate of drug-likeness (QED) is 0.697. The van der Waals surface area contributed by atoms with E-state index >= 15 is 0 Å². The highest BCUT2D eigenvalue weighted by atomic mass is 16.7. The van der Waals surface area contributed by atoms with Crippen LogP contribution in [0, 0.1) is 17.8 Å². The van der Waals surface area contributed by atoms with E-state index < -0.39 is 17.9 Å². The summed E-state index contributed by atoms with van der Waals surface area (Å²) in [6.45, 7) is 4.62. The number of aliphatic carboxylic acids is 2. The number of rotatable bonds is 5. The molecule has 0 aromatic carbocycles. The highest BCUT2D eigenvalue weighted by Crippen LogP contribution is 2.22. The molecule has 6 heteroatoms. The lowest BCUT2D eigenvalue weighted by Gasteiger charge is -2.32. The molecule has 0 bridgehead atoms. The van der Waals surface area contributed by atoms with Crippen LogP contribution in [0.2, 0.25) is 0 Å². The highest BCUT2D eigenvalue weighted by Gasteiger charge is 2.32. The first-order valence-corrected chi connectivity index (χ1v) is 5.60. The number of carbonyl (C=O) groups is 2. The summed E-state index contributed by atoms with van der Waals surface area (Å²) in [6.07, 6.45) is -0.241. The van der Waals surface area contributed by atoms with Gasteiger partial charge >= 0.3 is 11.9 Å². The monoisotopic (exact) mass is 246 g/mol. The van der Waals surface area contributed by atoms with Gasteiger partial charge in [-0.25, -0.2) is 0 Å². The highest BCUT2D eigenvalue weighted by molar-refractivity contribution is 5.92. The fourth-order valence-corrected chi connectivity index (χ4v) is 1.72. The molecule has 1 rings (SSSR count). The summed E-state index contributed by atoms with van der Waals surface area (Å²) >= 11 is 0. The van der Waals surface area contributed by atoms with E-state index in [1.165, 1.54) is 0 Å². The van der Waals surface area contributed by atoms with Crippen molar-refractivity contribution in [3.8, 4) is 0 Å². The molecule has 1 heterocycles. The van der Waals surface area contributed by atoms with Gasteiger partial charge in [-0.2, -0.15) is 0 Å². The van der Waals surface area contributed by atoms with Crippen molar-refractivity contribution in [2.75, 3.05) is 13.2 Å². The summed E-state index contributed by atoms with van der Waals surface area (Å²) in [5.74, 6) is -3.97. The Hall–Kier alpha value is -1.14. The van der Waals surface area contributed by atoms with Crippen LogP contribution in [0.15, 0.2) is 0 Å². The third-order valence-electron chi connectivity index (χ3n) is 2.70. The molecule has 1 aliphatic heterocycles. The van der Waals surface area contributed by atoms with Crippen molar-refractivity contribution in [1.29, 1.82) is 0 Å². The fraction of sp³-hybridized carbons (Fsp3) is 0.818. The van der Waals surface area contributed by atoms with E-state index in [0.717, 1.165) is 0 Å². The standard InChI is InChI=1S/C11H18O6/c1-6(2)11-16-4-7(5-17-11)3-8(9(12)13)10(14)15/h6-8,11H,3-5H2,1-2H3,(H,12,13)(H,14,15). The van der Waals surface area contributed by atoms with Gasteiger partial charge in [0, 0.05) is 11.8 Å². The summed E-state index contributed by atoms with van der Waals surface area (Å²) in [6, 6.07) is 0. The summed E-state index contributed by atoms with van der Waals surface area (Å²) in [5.41, 5.74) is 0. The first kappa shape index (κ1) is 13.9. The zero-order valence-electron chi connectivity index (χ0n) is 9.96. The van der Waals surface area contributed by atoms with Gasteiger partial charge in [-0.1, -0.05) is 13.8 Å². The van der Waals surface area contributed by atoms with Crippen molar-refractivity contribution >= 4 is 11.9 Å². The Balaban J connectivity index is 2.44. The zero-order chi connectivity index (χ0) is 13.0. The Labute approximate surface area is 99.5 Å². The minimum atomic E-state index is -1.39. The van der Waals surface area contributed by atoms with Gasteiger partial charge in [-0.15, -0.1) is 0 Å². The molecule has 2 N–H and O–H groups in total.